The highest BCUT2D eigenvalue weighted by molar-refractivity contribution is 7.88. The van der Waals surface area contributed by atoms with Crippen molar-refractivity contribution in [2.24, 2.45) is 0 Å². The Kier molecular flexibility index (Phi) is 2.00. The molecule has 0 aliphatic rings. The second-order valence-electron chi connectivity index (χ2n) is 2.10. The summed E-state index contributed by atoms with van der Waals surface area (Å²) in [5.74, 6) is 0. The van der Waals surface area contributed by atoms with Crippen molar-refractivity contribution in [1.29, 1.82) is 0 Å². The third-order valence-electron chi connectivity index (χ3n) is 1.23. The van der Waals surface area contributed by atoms with Gasteiger partial charge in [-0.1, -0.05) is 0 Å². The van der Waals surface area contributed by atoms with Crippen molar-refractivity contribution in [1.82, 2.24) is 4.98 Å². The Hall–Kier alpha value is -0.460. The quantitative estimate of drug-likeness (QED) is 0.676. The minimum Gasteiger partial charge on any atom is -0.280 e. The van der Waals surface area contributed by atoms with E-state index in [-0.39, 0.29) is 4.34 Å². The minimum atomic E-state index is -4.10. The maximum absolute atomic E-state index is 10.5. The van der Waals surface area contributed by atoms with Gasteiger partial charge in [-0.15, -0.1) is 11.3 Å². The fourth-order valence-corrected chi connectivity index (χ4v) is 2.24. The van der Waals surface area contributed by atoms with E-state index >= 15 is 0 Å². The van der Waals surface area contributed by atoms with Crippen LogP contribution in [-0.2, 0) is 10.1 Å². The fraction of sp³-hybridized carbons (Fsp3) is 0.400. The number of nitrogens with zero attached hydrogens (tertiary/aromatic N) is 1. The second kappa shape index (κ2) is 2.54. The van der Waals surface area contributed by atoms with Gasteiger partial charge in [0.2, 0.25) is 4.34 Å². The van der Waals surface area contributed by atoms with Crippen LogP contribution in [0, 0.1) is 13.8 Å². The SMILES string of the molecule is Cc1nc(S(=O)(=O)O)sc1C. The van der Waals surface area contributed by atoms with Gasteiger partial charge in [0.1, 0.15) is 0 Å². The molecule has 0 fully saturated rings. The standard InChI is InChI=1S/C5H7NO3S2/c1-3-4(2)10-5(6-3)11(7,8)9/h1-2H3,(H,7,8,9). The summed E-state index contributed by atoms with van der Waals surface area (Å²) in [6, 6.07) is 0. The molecule has 0 saturated heterocycles. The van der Waals surface area contributed by atoms with Gasteiger partial charge in [0.05, 0.1) is 5.69 Å². The largest absolute Gasteiger partial charge is 0.322 e. The van der Waals surface area contributed by atoms with E-state index in [2.05, 4.69) is 4.98 Å². The van der Waals surface area contributed by atoms with Crippen LogP contribution in [-0.4, -0.2) is 18.0 Å². The van der Waals surface area contributed by atoms with E-state index in [0.29, 0.717) is 5.69 Å². The molecule has 0 aliphatic heterocycles. The number of hydrogen-bond donors (Lipinski definition) is 1. The maximum Gasteiger partial charge on any atom is 0.322 e. The smallest absolute Gasteiger partial charge is 0.280 e. The first kappa shape index (κ1) is 8.63. The summed E-state index contributed by atoms with van der Waals surface area (Å²) in [7, 11) is -4.10. The van der Waals surface area contributed by atoms with Crippen molar-refractivity contribution >= 4 is 21.5 Å². The molecule has 1 heterocycles. The van der Waals surface area contributed by atoms with Gasteiger partial charge < -0.3 is 0 Å². The molecule has 1 N–H and O–H groups in total. The predicted octanol–water partition coefficient (Wildman–Crippen LogP) is 1.01. The molecule has 0 unspecified atom stereocenters. The van der Waals surface area contributed by atoms with E-state index in [4.69, 9.17) is 4.55 Å². The molecule has 62 valence electrons. The third-order valence-corrected chi connectivity index (χ3v) is 3.51. The van der Waals surface area contributed by atoms with Crippen molar-refractivity contribution in [3.05, 3.63) is 10.6 Å². The molecular formula is C5H7NO3S2. The van der Waals surface area contributed by atoms with Crippen LogP contribution in [0.1, 0.15) is 10.6 Å². The normalized spacial score (nSPS) is 11.9. The van der Waals surface area contributed by atoms with Crippen molar-refractivity contribution in [2.75, 3.05) is 0 Å². The van der Waals surface area contributed by atoms with Crippen LogP contribution in [0.25, 0.3) is 0 Å². The molecule has 0 amide bonds. The average molecular weight is 193 g/mol. The van der Waals surface area contributed by atoms with Crippen molar-refractivity contribution in [3.8, 4) is 0 Å². The van der Waals surface area contributed by atoms with E-state index in [1.165, 1.54) is 0 Å². The molecule has 0 atom stereocenters. The summed E-state index contributed by atoms with van der Waals surface area (Å²) in [5.41, 5.74) is 0.641. The first-order chi connectivity index (χ1) is 4.91. The number of aryl methyl sites for hydroxylation is 2. The Balaban J connectivity index is 3.29. The van der Waals surface area contributed by atoms with Gasteiger partial charge in [-0.3, -0.25) is 4.55 Å². The zero-order chi connectivity index (χ0) is 8.65. The molecule has 4 nitrogen and oxygen atoms in total. The van der Waals surface area contributed by atoms with Gasteiger partial charge in [-0.2, -0.15) is 8.42 Å². The second-order valence-corrected chi connectivity index (χ2v) is 4.89. The van der Waals surface area contributed by atoms with E-state index in [9.17, 15) is 8.42 Å². The molecule has 1 aromatic rings. The molecule has 1 aromatic heterocycles. The summed E-state index contributed by atoms with van der Waals surface area (Å²) in [6.07, 6.45) is 0. The molecular weight excluding hydrogens is 186 g/mol. The van der Waals surface area contributed by atoms with Gasteiger partial charge in [0, 0.05) is 4.88 Å². The Morgan fingerprint density at radius 2 is 2.00 bits per heavy atom. The van der Waals surface area contributed by atoms with E-state index in [0.717, 1.165) is 16.2 Å². The van der Waals surface area contributed by atoms with E-state index in [1.54, 1.807) is 13.8 Å². The van der Waals surface area contributed by atoms with Crippen LogP contribution in [0.15, 0.2) is 4.34 Å². The van der Waals surface area contributed by atoms with Crippen LogP contribution in [0.5, 0.6) is 0 Å². The maximum atomic E-state index is 10.5. The summed E-state index contributed by atoms with van der Waals surface area (Å²) in [5, 5.41) is 0. The van der Waals surface area contributed by atoms with Gasteiger partial charge in [-0.25, -0.2) is 4.98 Å². The molecule has 1 rings (SSSR count). The molecule has 0 bridgehead atoms. The van der Waals surface area contributed by atoms with Crippen LogP contribution < -0.4 is 0 Å². The minimum absolute atomic E-state index is 0.229. The van der Waals surface area contributed by atoms with E-state index in [1.807, 2.05) is 0 Å². The van der Waals surface area contributed by atoms with Crippen LogP contribution in [0.4, 0.5) is 0 Å². The zero-order valence-corrected chi connectivity index (χ0v) is 7.66. The topological polar surface area (TPSA) is 67.3 Å². The molecule has 0 saturated carbocycles. The monoisotopic (exact) mass is 193 g/mol. The zero-order valence-electron chi connectivity index (χ0n) is 6.03. The number of rotatable bonds is 1. The first-order valence-electron chi connectivity index (χ1n) is 2.83. The third kappa shape index (κ3) is 1.76. The molecule has 0 radical (unpaired) electrons. The summed E-state index contributed by atoms with van der Waals surface area (Å²) in [4.78, 5) is 4.47. The van der Waals surface area contributed by atoms with E-state index < -0.39 is 10.1 Å². The highest BCUT2D eigenvalue weighted by Crippen LogP contribution is 2.20. The molecule has 11 heavy (non-hydrogen) atoms. The molecule has 0 spiro atoms. The van der Waals surface area contributed by atoms with Gasteiger partial charge in [0.25, 0.3) is 0 Å². The average Bonchev–Trinajstić information content (AvgIpc) is 2.11. The van der Waals surface area contributed by atoms with Crippen LogP contribution >= 0.6 is 11.3 Å². The Labute approximate surface area is 68.6 Å². The Morgan fingerprint density at radius 3 is 2.18 bits per heavy atom. The lowest BCUT2D eigenvalue weighted by Crippen LogP contribution is -1.96. The highest BCUT2D eigenvalue weighted by Gasteiger charge is 2.15. The summed E-state index contributed by atoms with van der Waals surface area (Å²) in [6.45, 7) is 3.45. The molecule has 6 heteroatoms. The van der Waals surface area contributed by atoms with Crippen LogP contribution in [0.2, 0.25) is 0 Å². The predicted molar refractivity (Wildman–Crippen MR) is 41.4 cm³/mol. The summed E-state index contributed by atoms with van der Waals surface area (Å²) >= 11 is 0.972. The Morgan fingerprint density at radius 1 is 1.45 bits per heavy atom. The highest BCUT2D eigenvalue weighted by atomic mass is 32.3. The van der Waals surface area contributed by atoms with Gasteiger partial charge in [-0.05, 0) is 13.8 Å². The molecule has 0 aliphatic carbocycles. The Bertz CT molecular complexity index is 346. The number of aromatic nitrogens is 1. The van der Waals surface area contributed by atoms with Crippen LogP contribution in [0.3, 0.4) is 0 Å². The van der Waals surface area contributed by atoms with Gasteiger partial charge >= 0.3 is 10.1 Å². The van der Waals surface area contributed by atoms with Crippen molar-refractivity contribution in [2.45, 2.75) is 18.2 Å². The van der Waals surface area contributed by atoms with Crippen molar-refractivity contribution < 1.29 is 13.0 Å². The molecule has 0 aromatic carbocycles. The van der Waals surface area contributed by atoms with Gasteiger partial charge in [0.15, 0.2) is 0 Å². The number of hydrogen-bond acceptors (Lipinski definition) is 4. The number of thiazole rings is 1. The lowest BCUT2D eigenvalue weighted by molar-refractivity contribution is 0.482. The first-order valence-corrected chi connectivity index (χ1v) is 5.08. The van der Waals surface area contributed by atoms with Crippen molar-refractivity contribution in [3.63, 3.8) is 0 Å². The summed E-state index contributed by atoms with van der Waals surface area (Å²) < 4.78 is 29.3. The fourth-order valence-electron chi connectivity index (χ4n) is 0.554. The lowest BCUT2D eigenvalue weighted by atomic mass is 10.4. The lowest BCUT2D eigenvalue weighted by Gasteiger charge is -1.84.